The van der Waals surface area contributed by atoms with Gasteiger partial charge in [-0.2, -0.15) is 5.10 Å². The van der Waals surface area contributed by atoms with Crippen LogP contribution in [0.15, 0.2) is 83.3 Å². The number of hydrazone groups is 1. The molecule has 2 N–H and O–H groups in total. The first kappa shape index (κ1) is 22.2. The van der Waals surface area contributed by atoms with Gasteiger partial charge in [0.1, 0.15) is 5.75 Å². The quantitative estimate of drug-likeness (QED) is 0.289. The smallest absolute Gasteiger partial charge is 0.277 e. The minimum atomic E-state index is -0.355. The van der Waals surface area contributed by atoms with Gasteiger partial charge >= 0.3 is 0 Å². The van der Waals surface area contributed by atoms with E-state index in [4.69, 9.17) is 4.74 Å². The number of thiophene rings is 1. The van der Waals surface area contributed by atoms with Gasteiger partial charge in [-0.05, 0) is 49.2 Å². The summed E-state index contributed by atoms with van der Waals surface area (Å²) in [5.41, 5.74) is 6.15. The van der Waals surface area contributed by atoms with Crippen LogP contribution in [-0.4, -0.2) is 24.1 Å². The van der Waals surface area contributed by atoms with Crippen molar-refractivity contribution in [2.45, 2.75) is 13.8 Å². The van der Waals surface area contributed by atoms with E-state index in [9.17, 15) is 9.59 Å². The first-order valence-corrected chi connectivity index (χ1v) is 11.3. The maximum Gasteiger partial charge on any atom is 0.277 e. The number of amides is 2. The fraction of sp³-hybridized carbons (Fsp3) is 0.115. The summed E-state index contributed by atoms with van der Waals surface area (Å²) in [5.74, 6) is 0.141. The molecular formula is C26H23N3O3S. The molecule has 0 saturated carbocycles. The topological polar surface area (TPSA) is 79.8 Å². The molecule has 33 heavy (non-hydrogen) atoms. The highest BCUT2D eigenvalue weighted by Crippen LogP contribution is 2.26. The van der Waals surface area contributed by atoms with Crippen LogP contribution in [-0.2, 0) is 4.79 Å². The van der Waals surface area contributed by atoms with Gasteiger partial charge in [0, 0.05) is 21.2 Å². The summed E-state index contributed by atoms with van der Waals surface area (Å²) in [7, 11) is 0. The molecule has 4 aromatic rings. The van der Waals surface area contributed by atoms with Gasteiger partial charge in [-0.25, -0.2) is 5.43 Å². The minimum Gasteiger partial charge on any atom is -0.483 e. The highest BCUT2D eigenvalue weighted by Gasteiger charge is 2.12. The summed E-state index contributed by atoms with van der Waals surface area (Å²) < 4.78 is 6.61. The van der Waals surface area contributed by atoms with Crippen molar-refractivity contribution in [2.24, 2.45) is 5.10 Å². The predicted molar refractivity (Wildman–Crippen MR) is 133 cm³/mol. The molecule has 2 amide bonds. The molecule has 0 aliphatic rings. The summed E-state index contributed by atoms with van der Waals surface area (Å²) in [6, 6.07) is 22.7. The van der Waals surface area contributed by atoms with E-state index < -0.39 is 0 Å². The number of carbonyl (C=O) groups is 2. The number of nitrogens with one attached hydrogen (secondary N) is 2. The third-order valence-electron chi connectivity index (χ3n) is 5.06. The Hall–Kier alpha value is -3.97. The van der Waals surface area contributed by atoms with Crippen molar-refractivity contribution in [2.75, 3.05) is 11.9 Å². The van der Waals surface area contributed by atoms with Crippen molar-refractivity contribution in [1.29, 1.82) is 0 Å². The molecule has 3 aromatic carbocycles. The third kappa shape index (κ3) is 5.45. The number of rotatable bonds is 7. The molecule has 0 saturated heterocycles. The van der Waals surface area contributed by atoms with Crippen molar-refractivity contribution >= 4 is 44.6 Å². The lowest BCUT2D eigenvalue weighted by molar-refractivity contribution is -0.123. The normalized spacial score (nSPS) is 11.3. The molecule has 0 fully saturated rings. The molecule has 166 valence electrons. The van der Waals surface area contributed by atoms with E-state index in [1.165, 1.54) is 0 Å². The number of hydrogen-bond acceptors (Lipinski definition) is 5. The Morgan fingerprint density at radius 3 is 2.64 bits per heavy atom. The van der Waals surface area contributed by atoms with E-state index in [2.05, 4.69) is 15.8 Å². The van der Waals surface area contributed by atoms with Gasteiger partial charge in [0.05, 0.1) is 11.3 Å². The van der Waals surface area contributed by atoms with E-state index >= 15 is 0 Å². The zero-order valence-corrected chi connectivity index (χ0v) is 19.1. The maximum atomic E-state index is 12.8. The van der Waals surface area contributed by atoms with Gasteiger partial charge in [0.2, 0.25) is 0 Å². The number of ether oxygens (including phenoxy) is 1. The van der Waals surface area contributed by atoms with Crippen LogP contribution in [0.5, 0.6) is 5.75 Å². The van der Waals surface area contributed by atoms with Gasteiger partial charge in [-0.15, -0.1) is 11.3 Å². The molecule has 0 aliphatic heterocycles. The van der Waals surface area contributed by atoms with Crippen LogP contribution < -0.4 is 15.5 Å². The van der Waals surface area contributed by atoms with Crippen molar-refractivity contribution < 1.29 is 14.3 Å². The second-order valence-corrected chi connectivity index (χ2v) is 8.38. The van der Waals surface area contributed by atoms with Crippen LogP contribution in [0.2, 0.25) is 0 Å². The van der Waals surface area contributed by atoms with Gasteiger partial charge < -0.3 is 10.1 Å². The molecular weight excluding hydrogens is 434 g/mol. The van der Waals surface area contributed by atoms with E-state index in [-0.39, 0.29) is 18.4 Å². The summed E-state index contributed by atoms with van der Waals surface area (Å²) >= 11 is 1.54. The number of fused-ring (bicyclic) bond motifs is 1. The number of nitrogens with zero attached hydrogens (tertiary/aromatic N) is 1. The molecule has 7 heteroatoms. The Bertz CT molecular complexity index is 1340. The lowest BCUT2D eigenvalue weighted by Crippen LogP contribution is -2.25. The van der Waals surface area contributed by atoms with Crippen molar-refractivity contribution in [1.82, 2.24) is 5.43 Å². The van der Waals surface area contributed by atoms with E-state index in [1.54, 1.807) is 18.3 Å². The Kier molecular flexibility index (Phi) is 6.80. The Labute approximate surface area is 195 Å². The predicted octanol–water partition coefficient (Wildman–Crippen LogP) is 5.38. The van der Waals surface area contributed by atoms with Crippen molar-refractivity contribution in [3.63, 3.8) is 0 Å². The Morgan fingerprint density at radius 1 is 1.00 bits per heavy atom. The standard InChI is InChI=1S/C26H23N3O3S/c1-17-8-3-5-12-23(17)32-15-25(30)29-28-18(2)19-9-7-10-20(14-19)27-26(31)22-16-33-24-13-6-4-11-21(22)24/h3-14,16H,15H2,1-2H3,(H,27,31)(H,29,30)/b28-18-. The largest absolute Gasteiger partial charge is 0.483 e. The molecule has 0 aliphatic carbocycles. The third-order valence-corrected chi connectivity index (χ3v) is 6.03. The maximum absolute atomic E-state index is 12.8. The number of aryl methyl sites for hydroxylation is 1. The van der Waals surface area contributed by atoms with Crippen LogP contribution in [0.4, 0.5) is 5.69 Å². The molecule has 0 unspecified atom stereocenters. The monoisotopic (exact) mass is 457 g/mol. The van der Waals surface area contributed by atoms with Crippen molar-refractivity contribution in [3.8, 4) is 5.75 Å². The Balaban J connectivity index is 1.38. The van der Waals surface area contributed by atoms with Gasteiger partial charge in [-0.1, -0.05) is 48.5 Å². The average Bonchev–Trinajstić information content (AvgIpc) is 3.26. The van der Waals surface area contributed by atoms with Crippen LogP contribution in [0, 0.1) is 6.92 Å². The molecule has 4 rings (SSSR count). The highest BCUT2D eigenvalue weighted by atomic mass is 32.1. The number of carbonyl (C=O) groups excluding carboxylic acids is 2. The van der Waals surface area contributed by atoms with Crippen LogP contribution >= 0.6 is 11.3 Å². The van der Waals surface area contributed by atoms with Crippen LogP contribution in [0.1, 0.15) is 28.4 Å². The fourth-order valence-electron chi connectivity index (χ4n) is 3.28. The van der Waals surface area contributed by atoms with E-state index in [0.717, 1.165) is 21.2 Å². The lowest BCUT2D eigenvalue weighted by atomic mass is 10.1. The molecule has 0 atom stereocenters. The SMILES string of the molecule is C/C(=N/NC(=O)COc1ccccc1C)c1cccc(NC(=O)c2csc3ccccc23)c1. The number of benzene rings is 3. The number of para-hydroxylation sites is 1. The second kappa shape index (κ2) is 10.1. The van der Waals surface area contributed by atoms with Crippen molar-refractivity contribution in [3.05, 3.63) is 94.9 Å². The summed E-state index contributed by atoms with van der Waals surface area (Å²) in [5, 5.41) is 9.91. The second-order valence-electron chi connectivity index (χ2n) is 7.47. The van der Waals surface area contributed by atoms with Gasteiger partial charge in [-0.3, -0.25) is 9.59 Å². The van der Waals surface area contributed by atoms with E-state index in [1.807, 2.05) is 85.1 Å². The minimum absolute atomic E-state index is 0.133. The zero-order chi connectivity index (χ0) is 23.2. The average molecular weight is 458 g/mol. The molecule has 0 bridgehead atoms. The lowest BCUT2D eigenvalue weighted by Gasteiger charge is -2.09. The summed E-state index contributed by atoms with van der Waals surface area (Å²) in [4.78, 5) is 24.9. The number of anilines is 1. The molecule has 1 aromatic heterocycles. The highest BCUT2D eigenvalue weighted by molar-refractivity contribution is 7.17. The first-order valence-electron chi connectivity index (χ1n) is 10.4. The van der Waals surface area contributed by atoms with Gasteiger partial charge in [0.25, 0.3) is 11.8 Å². The zero-order valence-electron chi connectivity index (χ0n) is 18.3. The van der Waals surface area contributed by atoms with Gasteiger partial charge in [0.15, 0.2) is 6.61 Å². The summed E-state index contributed by atoms with van der Waals surface area (Å²) in [6.45, 7) is 3.57. The molecule has 0 radical (unpaired) electrons. The number of hydrogen-bond donors (Lipinski definition) is 2. The van der Waals surface area contributed by atoms with E-state index in [0.29, 0.717) is 22.7 Å². The first-order chi connectivity index (χ1) is 16.0. The molecule has 6 nitrogen and oxygen atoms in total. The summed E-state index contributed by atoms with van der Waals surface area (Å²) in [6.07, 6.45) is 0. The fourth-order valence-corrected chi connectivity index (χ4v) is 4.22. The molecule has 1 heterocycles. The van der Waals surface area contributed by atoms with Crippen LogP contribution in [0.25, 0.3) is 10.1 Å². The Morgan fingerprint density at radius 2 is 1.79 bits per heavy atom. The molecule has 0 spiro atoms. The van der Waals surface area contributed by atoms with Crippen LogP contribution in [0.3, 0.4) is 0 Å².